The van der Waals surface area contributed by atoms with E-state index in [9.17, 15) is 9.90 Å². The smallest absolute Gasteiger partial charge is 0.238 e. The maximum atomic E-state index is 10.8. The molecule has 1 aromatic carbocycles. The summed E-state index contributed by atoms with van der Waals surface area (Å²) < 4.78 is 0. The quantitative estimate of drug-likeness (QED) is 0.490. The van der Waals surface area contributed by atoms with Crippen molar-refractivity contribution in [3.05, 3.63) is 23.3 Å². The second-order valence-corrected chi connectivity index (χ2v) is 3.71. The standard InChI is InChI=1S/C11H14ClNO3/c1-8-3-4-10(9(2)11(8)15)13(7-14)16-6-5-12/h3-4,7,15H,5-6H2,1-2H3. The lowest BCUT2D eigenvalue weighted by Crippen LogP contribution is -2.23. The first-order chi connectivity index (χ1) is 7.61. The van der Waals surface area contributed by atoms with E-state index in [0.717, 1.165) is 10.6 Å². The van der Waals surface area contributed by atoms with Crippen LogP contribution in [0.4, 0.5) is 5.69 Å². The van der Waals surface area contributed by atoms with Crippen LogP contribution in [0.2, 0.25) is 0 Å². The van der Waals surface area contributed by atoms with Gasteiger partial charge in [-0.25, -0.2) is 0 Å². The summed E-state index contributed by atoms with van der Waals surface area (Å²) in [7, 11) is 0. The van der Waals surface area contributed by atoms with E-state index in [-0.39, 0.29) is 12.4 Å². The third kappa shape index (κ3) is 2.65. The minimum absolute atomic E-state index is 0.166. The summed E-state index contributed by atoms with van der Waals surface area (Å²) in [6.07, 6.45) is 0.545. The molecule has 0 radical (unpaired) electrons. The first kappa shape index (κ1) is 12.8. The molecule has 0 fully saturated rings. The van der Waals surface area contributed by atoms with Gasteiger partial charge in [-0.15, -0.1) is 11.6 Å². The summed E-state index contributed by atoms with van der Waals surface area (Å²) in [5, 5.41) is 10.8. The molecule has 0 aliphatic heterocycles. The SMILES string of the molecule is Cc1ccc(N(C=O)OCCCl)c(C)c1O. The molecule has 0 saturated heterocycles. The summed E-state index contributed by atoms with van der Waals surface area (Å²) >= 11 is 5.47. The van der Waals surface area contributed by atoms with E-state index in [1.54, 1.807) is 26.0 Å². The minimum Gasteiger partial charge on any atom is -0.507 e. The van der Waals surface area contributed by atoms with Crippen LogP contribution in [0.15, 0.2) is 12.1 Å². The van der Waals surface area contributed by atoms with Crippen LogP contribution in [0.5, 0.6) is 5.75 Å². The van der Waals surface area contributed by atoms with Gasteiger partial charge in [-0.3, -0.25) is 9.63 Å². The summed E-state index contributed by atoms with van der Waals surface area (Å²) in [6.45, 7) is 3.74. The molecule has 0 saturated carbocycles. The summed E-state index contributed by atoms with van der Waals surface area (Å²) in [6, 6.07) is 3.44. The van der Waals surface area contributed by atoms with Crippen molar-refractivity contribution in [3.8, 4) is 5.75 Å². The van der Waals surface area contributed by atoms with Crippen molar-refractivity contribution in [3.63, 3.8) is 0 Å². The molecule has 0 atom stereocenters. The van der Waals surface area contributed by atoms with Gasteiger partial charge in [0.2, 0.25) is 6.41 Å². The van der Waals surface area contributed by atoms with Crippen molar-refractivity contribution in [2.45, 2.75) is 13.8 Å². The molecule has 1 aromatic rings. The van der Waals surface area contributed by atoms with Crippen molar-refractivity contribution in [2.24, 2.45) is 0 Å². The zero-order valence-corrected chi connectivity index (χ0v) is 9.99. The number of aryl methyl sites for hydroxylation is 1. The Kier molecular flexibility index (Phi) is 4.58. The number of phenolic OH excluding ortho intramolecular Hbond substituents is 1. The Morgan fingerprint density at radius 3 is 2.75 bits per heavy atom. The average molecular weight is 244 g/mol. The number of benzene rings is 1. The lowest BCUT2D eigenvalue weighted by atomic mass is 10.1. The van der Waals surface area contributed by atoms with E-state index >= 15 is 0 Å². The van der Waals surface area contributed by atoms with Crippen LogP contribution in [-0.4, -0.2) is 24.0 Å². The fourth-order valence-corrected chi connectivity index (χ4v) is 1.42. The van der Waals surface area contributed by atoms with E-state index in [1.807, 2.05) is 0 Å². The second-order valence-electron chi connectivity index (χ2n) is 3.33. The lowest BCUT2D eigenvalue weighted by molar-refractivity contribution is -0.113. The van der Waals surface area contributed by atoms with Crippen LogP contribution in [0.3, 0.4) is 0 Å². The Labute approximate surface area is 99.3 Å². The molecule has 88 valence electrons. The number of anilines is 1. The fraction of sp³-hybridized carbons (Fsp3) is 0.364. The second kappa shape index (κ2) is 5.72. The van der Waals surface area contributed by atoms with Gasteiger partial charge in [-0.2, -0.15) is 5.06 Å². The van der Waals surface area contributed by atoms with Gasteiger partial charge in [0.25, 0.3) is 0 Å². The highest BCUT2D eigenvalue weighted by Gasteiger charge is 2.13. The number of hydrogen-bond acceptors (Lipinski definition) is 3. The summed E-state index contributed by atoms with van der Waals surface area (Å²) in [4.78, 5) is 16.0. The Hall–Kier alpha value is -1.26. The van der Waals surface area contributed by atoms with Gasteiger partial charge >= 0.3 is 0 Å². The monoisotopic (exact) mass is 243 g/mol. The lowest BCUT2D eigenvalue weighted by Gasteiger charge is -2.19. The molecule has 0 unspecified atom stereocenters. The average Bonchev–Trinajstić information content (AvgIpc) is 2.29. The van der Waals surface area contributed by atoms with Crippen LogP contribution in [0, 0.1) is 13.8 Å². The molecule has 0 aromatic heterocycles. The zero-order chi connectivity index (χ0) is 12.1. The number of nitrogens with zero attached hydrogens (tertiary/aromatic N) is 1. The van der Waals surface area contributed by atoms with Gasteiger partial charge in [0.1, 0.15) is 5.75 Å². The minimum atomic E-state index is 0.166. The molecule has 0 heterocycles. The van der Waals surface area contributed by atoms with Crippen LogP contribution < -0.4 is 5.06 Å². The normalized spacial score (nSPS) is 10.2. The number of amides is 1. The van der Waals surface area contributed by atoms with E-state index in [1.165, 1.54) is 0 Å². The van der Waals surface area contributed by atoms with E-state index in [4.69, 9.17) is 16.4 Å². The van der Waals surface area contributed by atoms with Crippen LogP contribution in [0.25, 0.3) is 0 Å². The number of carbonyl (C=O) groups is 1. The number of hydrogen-bond donors (Lipinski definition) is 1. The fourth-order valence-electron chi connectivity index (χ4n) is 1.35. The number of hydroxylamine groups is 1. The largest absolute Gasteiger partial charge is 0.507 e. The number of alkyl halides is 1. The number of halogens is 1. The number of phenols is 1. The highest BCUT2D eigenvalue weighted by atomic mass is 35.5. The maximum absolute atomic E-state index is 10.8. The van der Waals surface area contributed by atoms with Crippen LogP contribution in [-0.2, 0) is 9.63 Å². The molecule has 4 nitrogen and oxygen atoms in total. The molecule has 0 aliphatic rings. The molecule has 1 N–H and O–H groups in total. The molecule has 1 rings (SSSR count). The molecule has 5 heteroatoms. The van der Waals surface area contributed by atoms with E-state index < -0.39 is 0 Å². The zero-order valence-electron chi connectivity index (χ0n) is 9.24. The molecule has 1 amide bonds. The Balaban J connectivity index is 3.01. The first-order valence-corrected chi connectivity index (χ1v) is 5.37. The van der Waals surface area contributed by atoms with Gasteiger partial charge in [0, 0.05) is 11.4 Å². The van der Waals surface area contributed by atoms with Crippen LogP contribution in [0.1, 0.15) is 11.1 Å². The molecule has 16 heavy (non-hydrogen) atoms. The Morgan fingerprint density at radius 1 is 1.50 bits per heavy atom. The van der Waals surface area contributed by atoms with Crippen molar-refractivity contribution in [1.29, 1.82) is 0 Å². The highest BCUT2D eigenvalue weighted by Crippen LogP contribution is 2.30. The van der Waals surface area contributed by atoms with Crippen molar-refractivity contribution in [2.75, 3.05) is 17.6 Å². The van der Waals surface area contributed by atoms with E-state index in [2.05, 4.69) is 0 Å². The molecule has 0 bridgehead atoms. The van der Waals surface area contributed by atoms with Crippen molar-refractivity contribution >= 4 is 23.7 Å². The number of rotatable bonds is 5. The molecular formula is C11H14ClNO3. The Bertz CT molecular complexity index is 382. The van der Waals surface area contributed by atoms with Gasteiger partial charge in [-0.05, 0) is 25.5 Å². The van der Waals surface area contributed by atoms with Crippen molar-refractivity contribution < 1.29 is 14.7 Å². The summed E-state index contributed by atoms with van der Waals surface area (Å²) in [5.74, 6) is 0.458. The maximum Gasteiger partial charge on any atom is 0.238 e. The van der Waals surface area contributed by atoms with Crippen molar-refractivity contribution in [1.82, 2.24) is 0 Å². The molecule has 0 spiro atoms. The first-order valence-electron chi connectivity index (χ1n) is 4.84. The third-order valence-corrected chi connectivity index (χ3v) is 2.40. The van der Waals surface area contributed by atoms with Crippen LogP contribution >= 0.6 is 11.6 Å². The van der Waals surface area contributed by atoms with Gasteiger partial charge < -0.3 is 5.11 Å². The molecule has 0 aliphatic carbocycles. The Morgan fingerprint density at radius 2 is 2.19 bits per heavy atom. The topological polar surface area (TPSA) is 49.8 Å². The summed E-state index contributed by atoms with van der Waals surface area (Å²) in [5.41, 5.74) is 1.87. The highest BCUT2D eigenvalue weighted by molar-refractivity contribution is 6.18. The van der Waals surface area contributed by atoms with Gasteiger partial charge in [-0.1, -0.05) is 6.07 Å². The van der Waals surface area contributed by atoms with E-state index in [0.29, 0.717) is 23.5 Å². The van der Waals surface area contributed by atoms with Gasteiger partial charge in [0.05, 0.1) is 12.3 Å². The number of carbonyl (C=O) groups excluding carboxylic acids is 1. The van der Waals surface area contributed by atoms with Gasteiger partial charge in [0.15, 0.2) is 0 Å². The third-order valence-electron chi connectivity index (χ3n) is 2.24. The molecular weight excluding hydrogens is 230 g/mol. The predicted molar refractivity (Wildman–Crippen MR) is 62.8 cm³/mol. The predicted octanol–water partition coefficient (Wildman–Crippen LogP) is 2.14. The number of aromatic hydroxyl groups is 1.